The van der Waals surface area contributed by atoms with E-state index in [0.717, 1.165) is 24.6 Å². The molecule has 2 aromatic rings. The highest BCUT2D eigenvalue weighted by molar-refractivity contribution is 5.91. The maximum absolute atomic E-state index is 12.0. The Morgan fingerprint density at radius 2 is 2.09 bits per heavy atom. The molecule has 0 bridgehead atoms. The topological polar surface area (TPSA) is 88.8 Å². The van der Waals surface area contributed by atoms with Crippen LogP contribution in [0, 0.1) is 6.92 Å². The molecule has 0 unspecified atom stereocenters. The first-order chi connectivity index (χ1) is 10.6. The summed E-state index contributed by atoms with van der Waals surface area (Å²) < 4.78 is 1.49. The zero-order valence-electron chi connectivity index (χ0n) is 12.8. The summed E-state index contributed by atoms with van der Waals surface area (Å²) >= 11 is 0. The van der Waals surface area contributed by atoms with Gasteiger partial charge in [0, 0.05) is 31.9 Å². The Kier molecular flexibility index (Phi) is 3.99. The Hall–Kier alpha value is -2.51. The number of rotatable bonds is 4. The van der Waals surface area contributed by atoms with Crippen LogP contribution in [0.4, 0.5) is 5.82 Å². The van der Waals surface area contributed by atoms with Crippen LogP contribution < -0.4 is 10.2 Å². The van der Waals surface area contributed by atoms with Crippen molar-refractivity contribution in [2.45, 2.75) is 26.3 Å². The number of aryl methyl sites for hydroxylation is 2. The average Bonchev–Trinajstić information content (AvgIpc) is 3.15. The molecule has 0 spiro atoms. The van der Waals surface area contributed by atoms with Crippen LogP contribution in [0.3, 0.4) is 0 Å². The lowest BCUT2D eigenvalue weighted by Gasteiger charge is -2.17. The monoisotopic (exact) mass is 301 g/mol. The zero-order chi connectivity index (χ0) is 15.5. The number of amides is 1. The second-order valence-corrected chi connectivity index (χ2v) is 5.44. The molecule has 22 heavy (non-hydrogen) atoms. The molecule has 0 atom stereocenters. The number of carbonyl (C=O) groups is 1. The van der Waals surface area contributed by atoms with Crippen molar-refractivity contribution in [3.8, 4) is 0 Å². The zero-order valence-corrected chi connectivity index (χ0v) is 12.8. The number of aromatic nitrogens is 5. The highest BCUT2D eigenvalue weighted by Crippen LogP contribution is 2.18. The number of hydrogen-bond donors (Lipinski definition) is 1. The van der Waals surface area contributed by atoms with Crippen LogP contribution in [0.25, 0.3) is 0 Å². The van der Waals surface area contributed by atoms with Crippen LogP contribution in [0.2, 0.25) is 0 Å². The predicted molar refractivity (Wildman–Crippen MR) is 80.4 cm³/mol. The summed E-state index contributed by atoms with van der Waals surface area (Å²) in [5.41, 5.74) is 1.19. The van der Waals surface area contributed by atoms with Gasteiger partial charge >= 0.3 is 0 Å². The highest BCUT2D eigenvalue weighted by Gasteiger charge is 2.16. The van der Waals surface area contributed by atoms with Gasteiger partial charge in [0.2, 0.25) is 0 Å². The lowest BCUT2D eigenvalue weighted by atomic mass is 10.3. The molecule has 1 fully saturated rings. The van der Waals surface area contributed by atoms with E-state index in [4.69, 9.17) is 0 Å². The molecule has 0 aliphatic carbocycles. The third-order valence-corrected chi connectivity index (χ3v) is 3.56. The van der Waals surface area contributed by atoms with E-state index in [1.54, 1.807) is 13.2 Å². The first-order valence-electron chi connectivity index (χ1n) is 7.36. The van der Waals surface area contributed by atoms with E-state index in [1.807, 2.05) is 13.0 Å². The summed E-state index contributed by atoms with van der Waals surface area (Å²) in [4.78, 5) is 23.1. The molecule has 1 saturated heterocycles. The van der Waals surface area contributed by atoms with Gasteiger partial charge < -0.3 is 10.2 Å². The van der Waals surface area contributed by atoms with E-state index < -0.39 is 0 Å². The fourth-order valence-electron chi connectivity index (χ4n) is 2.50. The number of carbonyl (C=O) groups excluding carboxylic acids is 1. The second kappa shape index (κ2) is 6.08. The van der Waals surface area contributed by atoms with E-state index in [-0.39, 0.29) is 18.1 Å². The van der Waals surface area contributed by atoms with E-state index in [1.165, 1.54) is 17.5 Å². The standard InChI is InChI=1S/C14H19N7O/c1-10-7-13(21-5-3-4-6-21)17-12(16-10)8-15-14(22)11-9-20(2)19-18-11/h7,9H,3-6,8H2,1-2H3,(H,15,22). The second-order valence-electron chi connectivity index (χ2n) is 5.44. The Balaban J connectivity index is 1.68. The van der Waals surface area contributed by atoms with Crippen molar-refractivity contribution in [1.29, 1.82) is 0 Å². The molecule has 0 saturated carbocycles. The fourth-order valence-corrected chi connectivity index (χ4v) is 2.50. The molecule has 8 nitrogen and oxygen atoms in total. The van der Waals surface area contributed by atoms with E-state index in [0.29, 0.717) is 5.82 Å². The van der Waals surface area contributed by atoms with Crippen LogP contribution >= 0.6 is 0 Å². The van der Waals surface area contributed by atoms with Gasteiger partial charge in [-0.05, 0) is 19.8 Å². The van der Waals surface area contributed by atoms with Gasteiger partial charge in [0.25, 0.3) is 5.91 Å². The maximum Gasteiger partial charge on any atom is 0.273 e. The summed E-state index contributed by atoms with van der Waals surface area (Å²) in [7, 11) is 1.72. The number of hydrogen-bond acceptors (Lipinski definition) is 6. The van der Waals surface area contributed by atoms with Gasteiger partial charge in [0.1, 0.15) is 11.6 Å². The Bertz CT molecular complexity index is 676. The first kappa shape index (κ1) is 14.4. The van der Waals surface area contributed by atoms with Gasteiger partial charge in [-0.2, -0.15) is 0 Å². The van der Waals surface area contributed by atoms with Gasteiger partial charge in [-0.1, -0.05) is 5.21 Å². The number of nitrogens with one attached hydrogen (secondary N) is 1. The lowest BCUT2D eigenvalue weighted by molar-refractivity contribution is 0.0944. The van der Waals surface area contributed by atoms with E-state index in [9.17, 15) is 4.79 Å². The van der Waals surface area contributed by atoms with Gasteiger partial charge in [-0.25, -0.2) is 9.97 Å². The van der Waals surface area contributed by atoms with Crippen LogP contribution in [0.15, 0.2) is 12.3 Å². The minimum absolute atomic E-state index is 0.276. The molecule has 1 amide bonds. The van der Waals surface area contributed by atoms with Crippen molar-refractivity contribution in [3.05, 3.63) is 29.5 Å². The molecule has 3 rings (SSSR count). The molecule has 2 aromatic heterocycles. The summed E-state index contributed by atoms with van der Waals surface area (Å²) in [5.74, 6) is 1.27. The van der Waals surface area contributed by atoms with Crippen molar-refractivity contribution in [2.75, 3.05) is 18.0 Å². The van der Waals surface area contributed by atoms with Gasteiger partial charge in [-0.3, -0.25) is 9.48 Å². The van der Waals surface area contributed by atoms with Gasteiger partial charge in [-0.15, -0.1) is 5.10 Å². The van der Waals surface area contributed by atoms with Gasteiger partial charge in [0.05, 0.1) is 12.7 Å². The molecule has 8 heteroatoms. The number of anilines is 1. The van der Waals surface area contributed by atoms with Crippen molar-refractivity contribution < 1.29 is 4.79 Å². The van der Waals surface area contributed by atoms with Crippen molar-refractivity contribution in [2.24, 2.45) is 7.05 Å². The van der Waals surface area contributed by atoms with Crippen molar-refractivity contribution in [1.82, 2.24) is 30.3 Å². The predicted octanol–water partition coefficient (Wildman–Crippen LogP) is 0.444. The van der Waals surface area contributed by atoms with Crippen LogP contribution in [-0.4, -0.2) is 44.0 Å². The minimum Gasteiger partial charge on any atom is -0.357 e. The Morgan fingerprint density at radius 1 is 1.32 bits per heavy atom. The molecule has 1 N–H and O–H groups in total. The maximum atomic E-state index is 12.0. The molecule has 116 valence electrons. The van der Waals surface area contributed by atoms with Gasteiger partial charge in [0.15, 0.2) is 5.69 Å². The molecule has 0 radical (unpaired) electrons. The van der Waals surface area contributed by atoms with Crippen LogP contribution in [0.5, 0.6) is 0 Å². The summed E-state index contributed by atoms with van der Waals surface area (Å²) in [6.07, 6.45) is 3.96. The summed E-state index contributed by atoms with van der Waals surface area (Å²) in [5, 5.41) is 10.3. The van der Waals surface area contributed by atoms with E-state index >= 15 is 0 Å². The summed E-state index contributed by atoms with van der Waals surface area (Å²) in [6.45, 7) is 4.27. The van der Waals surface area contributed by atoms with Crippen molar-refractivity contribution in [3.63, 3.8) is 0 Å². The average molecular weight is 301 g/mol. The van der Waals surface area contributed by atoms with Crippen molar-refractivity contribution >= 4 is 11.7 Å². The Morgan fingerprint density at radius 3 is 2.77 bits per heavy atom. The molecule has 1 aliphatic heterocycles. The van der Waals surface area contributed by atoms with E-state index in [2.05, 4.69) is 30.5 Å². The lowest BCUT2D eigenvalue weighted by Crippen LogP contribution is -2.26. The molecule has 3 heterocycles. The third-order valence-electron chi connectivity index (χ3n) is 3.56. The smallest absolute Gasteiger partial charge is 0.273 e. The minimum atomic E-state index is -0.277. The Labute approximate surface area is 128 Å². The molecular weight excluding hydrogens is 282 g/mol. The largest absolute Gasteiger partial charge is 0.357 e. The molecule has 0 aromatic carbocycles. The SMILES string of the molecule is Cc1cc(N2CCCC2)nc(CNC(=O)c2cn(C)nn2)n1. The highest BCUT2D eigenvalue weighted by atomic mass is 16.2. The molecular formula is C14H19N7O. The first-order valence-corrected chi connectivity index (χ1v) is 7.36. The quantitative estimate of drug-likeness (QED) is 0.881. The third kappa shape index (κ3) is 3.21. The fraction of sp³-hybridized carbons (Fsp3) is 0.500. The number of nitrogens with zero attached hydrogens (tertiary/aromatic N) is 6. The molecule has 1 aliphatic rings. The van der Waals surface area contributed by atoms with Crippen LogP contribution in [-0.2, 0) is 13.6 Å². The normalized spacial score (nSPS) is 14.4. The van der Waals surface area contributed by atoms with Crippen LogP contribution in [0.1, 0.15) is 34.8 Å². The summed E-state index contributed by atoms with van der Waals surface area (Å²) in [6, 6.07) is 1.99.